The van der Waals surface area contributed by atoms with Gasteiger partial charge in [-0.2, -0.15) is 4.31 Å². The SMILES string of the molecule is O=C(c1ccc(Cl)c(S(=O)(=O)N2CCCCCC2)c1)N(Cc1ccco1)C1CC1. The summed E-state index contributed by atoms with van der Waals surface area (Å²) in [4.78, 5) is 15.0. The van der Waals surface area contributed by atoms with Crippen molar-refractivity contribution >= 4 is 27.5 Å². The number of benzene rings is 1. The number of sulfonamides is 1. The van der Waals surface area contributed by atoms with Gasteiger partial charge in [-0.25, -0.2) is 8.42 Å². The van der Waals surface area contributed by atoms with Crippen LogP contribution in [0.4, 0.5) is 0 Å². The van der Waals surface area contributed by atoms with Crippen LogP contribution in [0.1, 0.15) is 54.6 Å². The number of halogens is 1. The van der Waals surface area contributed by atoms with E-state index < -0.39 is 10.0 Å². The lowest BCUT2D eigenvalue weighted by Gasteiger charge is -2.23. The number of nitrogens with zero attached hydrogens (tertiary/aromatic N) is 2. The maximum Gasteiger partial charge on any atom is 0.254 e. The molecule has 1 saturated heterocycles. The maximum absolute atomic E-state index is 13.2. The Labute approximate surface area is 176 Å². The van der Waals surface area contributed by atoms with Crippen molar-refractivity contribution in [3.05, 3.63) is 52.9 Å². The molecule has 1 aromatic heterocycles. The molecule has 1 aromatic carbocycles. The summed E-state index contributed by atoms with van der Waals surface area (Å²) in [6, 6.07) is 8.33. The lowest BCUT2D eigenvalue weighted by Crippen LogP contribution is -2.34. The molecule has 2 fully saturated rings. The molecule has 2 heterocycles. The fourth-order valence-corrected chi connectivity index (χ4v) is 5.76. The molecular weight excluding hydrogens is 412 g/mol. The van der Waals surface area contributed by atoms with Gasteiger partial charge in [0.15, 0.2) is 0 Å². The first-order chi connectivity index (χ1) is 14.0. The van der Waals surface area contributed by atoms with E-state index in [1.807, 2.05) is 6.07 Å². The molecule has 0 bridgehead atoms. The van der Waals surface area contributed by atoms with Crippen LogP contribution in [0.2, 0.25) is 5.02 Å². The highest BCUT2D eigenvalue weighted by Gasteiger charge is 2.35. The smallest absolute Gasteiger partial charge is 0.254 e. The molecule has 1 aliphatic heterocycles. The number of amides is 1. The number of carbonyl (C=O) groups is 1. The van der Waals surface area contributed by atoms with Gasteiger partial charge < -0.3 is 9.32 Å². The van der Waals surface area contributed by atoms with Gasteiger partial charge in [0.25, 0.3) is 5.91 Å². The minimum absolute atomic E-state index is 0.0145. The van der Waals surface area contributed by atoms with Gasteiger partial charge in [0.05, 0.1) is 17.8 Å². The topological polar surface area (TPSA) is 70.8 Å². The highest BCUT2D eigenvalue weighted by Crippen LogP contribution is 2.32. The zero-order chi connectivity index (χ0) is 20.4. The molecule has 1 saturated carbocycles. The third-order valence-electron chi connectivity index (χ3n) is 5.52. The van der Waals surface area contributed by atoms with Crippen molar-refractivity contribution in [1.82, 2.24) is 9.21 Å². The third kappa shape index (κ3) is 4.52. The average molecular weight is 437 g/mol. The molecule has 156 valence electrons. The van der Waals surface area contributed by atoms with E-state index in [0.717, 1.165) is 38.5 Å². The Morgan fingerprint density at radius 3 is 2.48 bits per heavy atom. The molecule has 4 rings (SSSR count). The Morgan fingerprint density at radius 1 is 1.14 bits per heavy atom. The van der Waals surface area contributed by atoms with E-state index in [0.29, 0.717) is 31.0 Å². The summed E-state index contributed by atoms with van der Waals surface area (Å²) in [6.07, 6.45) is 7.21. The lowest BCUT2D eigenvalue weighted by molar-refractivity contribution is 0.0717. The van der Waals surface area contributed by atoms with Gasteiger partial charge >= 0.3 is 0 Å². The van der Waals surface area contributed by atoms with Crippen molar-refractivity contribution in [2.45, 2.75) is 56.0 Å². The number of furan rings is 1. The van der Waals surface area contributed by atoms with Gasteiger partial charge in [-0.05, 0) is 56.0 Å². The van der Waals surface area contributed by atoms with Crippen LogP contribution in [0.25, 0.3) is 0 Å². The molecule has 29 heavy (non-hydrogen) atoms. The number of hydrogen-bond donors (Lipinski definition) is 0. The van der Waals surface area contributed by atoms with Crippen molar-refractivity contribution in [2.24, 2.45) is 0 Å². The van der Waals surface area contributed by atoms with E-state index >= 15 is 0 Å². The zero-order valence-corrected chi connectivity index (χ0v) is 17.8. The van der Waals surface area contributed by atoms with Crippen LogP contribution in [-0.4, -0.2) is 42.7 Å². The molecule has 0 radical (unpaired) electrons. The zero-order valence-electron chi connectivity index (χ0n) is 16.2. The van der Waals surface area contributed by atoms with Crippen molar-refractivity contribution in [3.63, 3.8) is 0 Å². The molecule has 2 aromatic rings. The molecular formula is C21H25ClN2O4S. The van der Waals surface area contributed by atoms with Gasteiger partial charge in [0.1, 0.15) is 10.7 Å². The van der Waals surface area contributed by atoms with Gasteiger partial charge in [0, 0.05) is 24.7 Å². The summed E-state index contributed by atoms with van der Waals surface area (Å²) >= 11 is 6.27. The second-order valence-corrected chi connectivity index (χ2v) is 10.0. The number of hydrogen-bond acceptors (Lipinski definition) is 4. The molecule has 2 aliphatic rings. The average Bonchev–Trinajstić information content (AvgIpc) is 3.48. The van der Waals surface area contributed by atoms with Gasteiger partial charge in [-0.1, -0.05) is 24.4 Å². The van der Waals surface area contributed by atoms with E-state index in [1.54, 1.807) is 23.3 Å². The first-order valence-electron chi connectivity index (χ1n) is 10.1. The highest BCUT2D eigenvalue weighted by atomic mass is 35.5. The molecule has 1 aliphatic carbocycles. The Kier molecular flexibility index (Phi) is 5.99. The molecule has 6 nitrogen and oxygen atoms in total. The van der Waals surface area contributed by atoms with Crippen molar-refractivity contribution in [1.29, 1.82) is 0 Å². The Morgan fingerprint density at radius 2 is 1.86 bits per heavy atom. The standard InChI is InChI=1S/C21H25ClN2O4S/c22-19-10-7-16(14-20(19)29(26,27)23-11-3-1-2-4-12-23)21(25)24(17-8-9-17)15-18-6-5-13-28-18/h5-7,10,13-14,17H,1-4,8-9,11-12,15H2. The molecule has 0 unspecified atom stereocenters. The summed E-state index contributed by atoms with van der Waals surface area (Å²) < 4.78 is 33.3. The van der Waals surface area contributed by atoms with E-state index in [-0.39, 0.29) is 21.9 Å². The molecule has 0 atom stereocenters. The van der Waals surface area contributed by atoms with Crippen LogP contribution in [0, 0.1) is 0 Å². The molecule has 8 heteroatoms. The monoisotopic (exact) mass is 436 g/mol. The minimum Gasteiger partial charge on any atom is -0.467 e. The first kappa shape index (κ1) is 20.4. The Balaban J connectivity index is 1.62. The second-order valence-electron chi connectivity index (χ2n) is 7.71. The third-order valence-corrected chi connectivity index (χ3v) is 7.90. The van der Waals surface area contributed by atoms with Gasteiger partial charge in [-0.15, -0.1) is 0 Å². The first-order valence-corrected chi connectivity index (χ1v) is 11.9. The number of rotatable bonds is 6. The Bertz CT molecular complexity index is 963. The van der Waals surface area contributed by atoms with E-state index in [9.17, 15) is 13.2 Å². The van der Waals surface area contributed by atoms with E-state index in [4.69, 9.17) is 16.0 Å². The van der Waals surface area contributed by atoms with E-state index in [2.05, 4.69) is 0 Å². The second kappa shape index (κ2) is 8.50. The molecule has 0 spiro atoms. The van der Waals surface area contributed by atoms with Gasteiger partial charge in [0.2, 0.25) is 10.0 Å². The van der Waals surface area contributed by atoms with Crippen molar-refractivity contribution in [2.75, 3.05) is 13.1 Å². The van der Waals surface area contributed by atoms with Crippen LogP contribution >= 0.6 is 11.6 Å². The summed E-state index contributed by atoms with van der Waals surface area (Å²) in [5.74, 6) is 0.504. The van der Waals surface area contributed by atoms with Crippen LogP contribution in [0.15, 0.2) is 45.9 Å². The van der Waals surface area contributed by atoms with Crippen molar-refractivity contribution in [3.8, 4) is 0 Å². The fourth-order valence-electron chi connectivity index (χ4n) is 3.74. The predicted molar refractivity (Wildman–Crippen MR) is 110 cm³/mol. The highest BCUT2D eigenvalue weighted by molar-refractivity contribution is 7.89. The summed E-state index contributed by atoms with van der Waals surface area (Å²) in [5.41, 5.74) is 0.334. The molecule has 0 N–H and O–H groups in total. The summed E-state index contributed by atoms with van der Waals surface area (Å²) in [7, 11) is -3.74. The van der Waals surface area contributed by atoms with Gasteiger partial charge in [-0.3, -0.25) is 4.79 Å². The van der Waals surface area contributed by atoms with Crippen LogP contribution in [0.5, 0.6) is 0 Å². The largest absolute Gasteiger partial charge is 0.467 e. The number of carbonyl (C=O) groups excluding carboxylic acids is 1. The lowest BCUT2D eigenvalue weighted by atomic mass is 10.2. The quantitative estimate of drug-likeness (QED) is 0.676. The minimum atomic E-state index is -3.74. The summed E-state index contributed by atoms with van der Waals surface area (Å²) in [6.45, 7) is 1.35. The molecule has 1 amide bonds. The van der Waals surface area contributed by atoms with Crippen LogP contribution in [-0.2, 0) is 16.6 Å². The van der Waals surface area contributed by atoms with Crippen LogP contribution < -0.4 is 0 Å². The van der Waals surface area contributed by atoms with Crippen LogP contribution in [0.3, 0.4) is 0 Å². The van der Waals surface area contributed by atoms with Crippen molar-refractivity contribution < 1.29 is 17.6 Å². The summed E-state index contributed by atoms with van der Waals surface area (Å²) in [5, 5.41) is 0.148. The fraction of sp³-hybridized carbons (Fsp3) is 0.476. The Hall–Kier alpha value is -1.83. The normalized spacial score (nSPS) is 18.4. The van der Waals surface area contributed by atoms with E-state index in [1.165, 1.54) is 16.4 Å². The predicted octanol–water partition coefficient (Wildman–Crippen LogP) is 4.30. The maximum atomic E-state index is 13.2.